The number of rotatable bonds is 2. The lowest BCUT2D eigenvalue weighted by molar-refractivity contribution is 0.0639. The molecule has 1 heterocycles. The monoisotopic (exact) mass is 232 g/mol. The van der Waals surface area contributed by atoms with Crippen LogP contribution in [-0.2, 0) is 11.2 Å². The lowest BCUT2D eigenvalue weighted by Crippen LogP contribution is -2.30. The van der Waals surface area contributed by atoms with Crippen molar-refractivity contribution in [3.63, 3.8) is 0 Å². The number of benzene rings is 1. The summed E-state index contributed by atoms with van der Waals surface area (Å²) in [6, 6.07) is 8.60. The second-order valence-electron chi connectivity index (χ2n) is 5.31. The second kappa shape index (κ2) is 4.79. The van der Waals surface area contributed by atoms with Gasteiger partial charge in [-0.25, -0.2) is 0 Å². The molecule has 1 fully saturated rings. The second-order valence-corrected chi connectivity index (χ2v) is 5.31. The minimum absolute atomic E-state index is 0.223. The number of fused-ring (bicyclic) bond motifs is 1. The zero-order chi connectivity index (χ0) is 11.7. The lowest BCUT2D eigenvalue weighted by atomic mass is 9.76. The molecule has 92 valence electrons. The number of hydrogen-bond acceptors (Lipinski definition) is 2. The molecule has 0 radical (unpaired) electrons. The average Bonchev–Trinajstić information content (AvgIpc) is 2.91. The molecule has 3 atom stereocenters. The fraction of sp³-hybridized carbons (Fsp3) is 0.600. The van der Waals surface area contributed by atoms with E-state index < -0.39 is 0 Å². The summed E-state index contributed by atoms with van der Waals surface area (Å²) >= 11 is 0. The van der Waals surface area contributed by atoms with E-state index in [4.69, 9.17) is 4.74 Å². The van der Waals surface area contributed by atoms with Crippen LogP contribution in [0.1, 0.15) is 36.3 Å². The van der Waals surface area contributed by atoms with Gasteiger partial charge in [0.25, 0.3) is 0 Å². The van der Waals surface area contributed by atoms with Gasteiger partial charge in [-0.1, -0.05) is 24.3 Å². The summed E-state index contributed by atoms with van der Waals surface area (Å²) in [7, 11) is 0. The fourth-order valence-corrected chi connectivity index (χ4v) is 3.30. The molecule has 3 unspecified atom stereocenters. The van der Waals surface area contributed by atoms with Gasteiger partial charge in [-0.2, -0.15) is 0 Å². The Bertz CT molecular complexity index is 382. The van der Waals surface area contributed by atoms with Crippen molar-refractivity contribution >= 4 is 0 Å². The molecule has 2 aliphatic rings. The maximum absolute atomic E-state index is 10.5. The quantitative estimate of drug-likeness (QED) is 0.849. The number of aliphatic hydroxyl groups excluding tert-OH is 1. The Morgan fingerprint density at radius 3 is 2.94 bits per heavy atom. The van der Waals surface area contributed by atoms with E-state index in [2.05, 4.69) is 24.3 Å². The number of ether oxygens (including phenoxy) is 1. The summed E-state index contributed by atoms with van der Waals surface area (Å²) < 4.78 is 5.40. The van der Waals surface area contributed by atoms with Crippen molar-refractivity contribution in [2.45, 2.75) is 37.7 Å². The highest BCUT2D eigenvalue weighted by molar-refractivity contribution is 5.33. The molecule has 1 aromatic rings. The van der Waals surface area contributed by atoms with Crippen LogP contribution in [0.15, 0.2) is 24.3 Å². The third-order valence-electron chi connectivity index (χ3n) is 4.28. The van der Waals surface area contributed by atoms with Crippen LogP contribution in [0.4, 0.5) is 0 Å². The normalized spacial score (nSPS) is 29.9. The molecule has 2 heteroatoms. The van der Waals surface area contributed by atoms with Crippen molar-refractivity contribution in [3.8, 4) is 0 Å². The largest absolute Gasteiger partial charge is 0.392 e. The molecule has 3 rings (SSSR count). The molecule has 17 heavy (non-hydrogen) atoms. The summed E-state index contributed by atoms with van der Waals surface area (Å²) in [5.41, 5.74) is 2.81. The third-order valence-corrected chi connectivity index (χ3v) is 4.28. The Morgan fingerprint density at radius 1 is 1.24 bits per heavy atom. The summed E-state index contributed by atoms with van der Waals surface area (Å²) in [4.78, 5) is 0. The van der Waals surface area contributed by atoms with E-state index in [-0.39, 0.29) is 6.10 Å². The van der Waals surface area contributed by atoms with E-state index in [0.29, 0.717) is 11.8 Å². The van der Waals surface area contributed by atoms with Crippen LogP contribution in [-0.4, -0.2) is 24.4 Å². The van der Waals surface area contributed by atoms with Gasteiger partial charge in [0, 0.05) is 18.4 Å². The Kier molecular flexibility index (Phi) is 3.17. The molecule has 1 N–H and O–H groups in total. The molecule has 2 nitrogen and oxygen atoms in total. The molecule has 0 spiro atoms. The topological polar surface area (TPSA) is 29.5 Å². The average molecular weight is 232 g/mol. The third kappa shape index (κ3) is 2.12. The predicted octanol–water partition coefficient (Wildman–Crippen LogP) is 2.50. The first-order valence-corrected chi connectivity index (χ1v) is 6.70. The van der Waals surface area contributed by atoms with Gasteiger partial charge < -0.3 is 9.84 Å². The first-order valence-electron chi connectivity index (χ1n) is 6.70. The molecular formula is C15H20O2. The number of aliphatic hydroxyl groups is 1. The summed E-state index contributed by atoms with van der Waals surface area (Å²) in [6.45, 7) is 1.55. The zero-order valence-electron chi connectivity index (χ0n) is 10.1. The molecule has 1 aliphatic carbocycles. The Balaban J connectivity index is 1.84. The van der Waals surface area contributed by atoms with Crippen molar-refractivity contribution in [2.75, 3.05) is 13.2 Å². The van der Waals surface area contributed by atoms with Crippen molar-refractivity contribution in [1.82, 2.24) is 0 Å². The maximum atomic E-state index is 10.5. The predicted molar refractivity (Wildman–Crippen MR) is 67.1 cm³/mol. The lowest BCUT2D eigenvalue weighted by Gasteiger charge is -2.32. The van der Waals surface area contributed by atoms with Gasteiger partial charge in [0.2, 0.25) is 0 Å². The summed E-state index contributed by atoms with van der Waals surface area (Å²) in [6.07, 6.45) is 4.28. The van der Waals surface area contributed by atoms with Gasteiger partial charge in [0.1, 0.15) is 0 Å². The van der Waals surface area contributed by atoms with Crippen LogP contribution in [0.3, 0.4) is 0 Å². The van der Waals surface area contributed by atoms with Gasteiger partial charge in [-0.3, -0.25) is 0 Å². The van der Waals surface area contributed by atoms with E-state index in [1.807, 2.05) is 0 Å². The van der Waals surface area contributed by atoms with E-state index >= 15 is 0 Å². The van der Waals surface area contributed by atoms with Gasteiger partial charge in [0.15, 0.2) is 0 Å². The summed E-state index contributed by atoms with van der Waals surface area (Å²) in [5.74, 6) is 0.665. The standard InChI is InChI=1S/C15H20O2/c16-15(12-8-9-17-10-12)14-7-3-5-11-4-1-2-6-13(11)14/h1-2,4,6,12,14-16H,3,5,7-10H2. The van der Waals surface area contributed by atoms with Gasteiger partial charge in [-0.05, 0) is 36.8 Å². The van der Waals surface area contributed by atoms with Crippen LogP contribution in [0.5, 0.6) is 0 Å². The molecule has 0 amide bonds. The Hall–Kier alpha value is -0.860. The fourth-order valence-electron chi connectivity index (χ4n) is 3.30. The zero-order valence-corrected chi connectivity index (χ0v) is 10.1. The minimum Gasteiger partial charge on any atom is -0.392 e. The van der Waals surface area contributed by atoms with Crippen LogP contribution < -0.4 is 0 Å². The van der Waals surface area contributed by atoms with Crippen LogP contribution in [0.2, 0.25) is 0 Å². The molecule has 1 saturated heterocycles. The van der Waals surface area contributed by atoms with Crippen molar-refractivity contribution in [1.29, 1.82) is 0 Å². The highest BCUT2D eigenvalue weighted by Gasteiger charge is 2.33. The van der Waals surface area contributed by atoms with Gasteiger partial charge >= 0.3 is 0 Å². The smallest absolute Gasteiger partial charge is 0.0659 e. The SMILES string of the molecule is OC(C1CCOC1)C1CCCc2ccccc21. The molecule has 0 saturated carbocycles. The highest BCUT2D eigenvalue weighted by Crippen LogP contribution is 2.37. The van der Waals surface area contributed by atoms with E-state index in [1.165, 1.54) is 24.0 Å². The van der Waals surface area contributed by atoms with Crippen molar-refractivity contribution in [2.24, 2.45) is 5.92 Å². The van der Waals surface area contributed by atoms with Crippen LogP contribution in [0.25, 0.3) is 0 Å². The van der Waals surface area contributed by atoms with E-state index in [0.717, 1.165) is 26.1 Å². The minimum atomic E-state index is -0.223. The number of aryl methyl sites for hydroxylation is 1. The molecule has 0 bridgehead atoms. The molecule has 1 aliphatic heterocycles. The Morgan fingerprint density at radius 2 is 2.12 bits per heavy atom. The molecule has 0 aromatic heterocycles. The van der Waals surface area contributed by atoms with Crippen LogP contribution in [0, 0.1) is 5.92 Å². The first kappa shape index (κ1) is 11.2. The van der Waals surface area contributed by atoms with Crippen molar-refractivity contribution < 1.29 is 9.84 Å². The maximum Gasteiger partial charge on any atom is 0.0659 e. The van der Waals surface area contributed by atoms with E-state index in [1.54, 1.807) is 0 Å². The van der Waals surface area contributed by atoms with Crippen molar-refractivity contribution in [3.05, 3.63) is 35.4 Å². The summed E-state index contributed by atoms with van der Waals surface area (Å²) in [5, 5.41) is 10.5. The molecular weight excluding hydrogens is 212 g/mol. The first-order chi connectivity index (χ1) is 8.36. The van der Waals surface area contributed by atoms with Gasteiger partial charge in [0.05, 0.1) is 12.7 Å². The number of hydrogen-bond donors (Lipinski definition) is 1. The Labute approximate surface area is 103 Å². The van der Waals surface area contributed by atoms with Crippen LogP contribution >= 0.6 is 0 Å². The molecule has 1 aromatic carbocycles. The highest BCUT2D eigenvalue weighted by atomic mass is 16.5. The van der Waals surface area contributed by atoms with Gasteiger partial charge in [-0.15, -0.1) is 0 Å². The van der Waals surface area contributed by atoms with E-state index in [9.17, 15) is 5.11 Å².